The Morgan fingerprint density at radius 3 is 2.37 bits per heavy atom. The molecule has 1 aromatic carbocycles. The van der Waals surface area contributed by atoms with Gasteiger partial charge in [-0.15, -0.1) is 13.2 Å². The van der Waals surface area contributed by atoms with Crippen LogP contribution in [-0.4, -0.2) is 29.6 Å². The van der Waals surface area contributed by atoms with Gasteiger partial charge in [-0.3, -0.25) is 4.90 Å². The van der Waals surface area contributed by atoms with Crippen LogP contribution < -0.4 is 0 Å². The minimum Gasteiger partial charge on any atom is -0.388 e. The summed E-state index contributed by atoms with van der Waals surface area (Å²) >= 11 is 11.9. The highest BCUT2D eigenvalue weighted by atomic mass is 35.5. The fraction of sp³-hybridized carbons (Fsp3) is 0.333. The van der Waals surface area contributed by atoms with E-state index >= 15 is 0 Å². The molecular formula is C15H19Cl2NO. The lowest BCUT2D eigenvalue weighted by molar-refractivity contribution is 0.148. The summed E-state index contributed by atoms with van der Waals surface area (Å²) in [5.41, 5.74) is 0.711. The van der Waals surface area contributed by atoms with Crippen LogP contribution in [0.3, 0.4) is 0 Å². The smallest absolute Gasteiger partial charge is 0.0816 e. The second-order valence-corrected chi connectivity index (χ2v) is 5.15. The molecule has 0 aromatic heterocycles. The fourth-order valence-corrected chi connectivity index (χ4v) is 2.39. The summed E-state index contributed by atoms with van der Waals surface area (Å²) in [6, 6.07) is 5.14. The molecule has 0 saturated heterocycles. The maximum Gasteiger partial charge on any atom is 0.0816 e. The molecule has 19 heavy (non-hydrogen) atoms. The van der Waals surface area contributed by atoms with E-state index in [-0.39, 0.29) is 0 Å². The summed E-state index contributed by atoms with van der Waals surface area (Å²) in [4.78, 5) is 2.15. The second-order valence-electron chi connectivity index (χ2n) is 4.31. The number of aliphatic hydroxyl groups excluding tert-OH is 1. The van der Waals surface area contributed by atoms with E-state index in [0.717, 1.165) is 19.6 Å². The number of rotatable bonds is 8. The Morgan fingerprint density at radius 1 is 1.21 bits per heavy atom. The first kappa shape index (κ1) is 16.3. The van der Waals surface area contributed by atoms with Gasteiger partial charge in [0.1, 0.15) is 0 Å². The Bertz CT molecular complexity index is 424. The topological polar surface area (TPSA) is 23.5 Å². The third-order valence-electron chi connectivity index (χ3n) is 2.81. The summed E-state index contributed by atoms with van der Waals surface area (Å²) < 4.78 is 0. The lowest BCUT2D eigenvalue weighted by Gasteiger charge is -2.21. The molecule has 0 spiro atoms. The third-order valence-corrected chi connectivity index (χ3v) is 3.38. The first-order valence-electron chi connectivity index (χ1n) is 6.15. The third kappa shape index (κ3) is 5.37. The van der Waals surface area contributed by atoms with Gasteiger partial charge in [-0.1, -0.05) is 41.4 Å². The Balaban J connectivity index is 2.60. The standard InChI is InChI=1S/C15H19Cl2NO/c1-3-8-18(9-4-2)10-7-15(19)13-6-5-12(16)11-14(13)17/h3-6,11,15,19H,1-2,7-10H2. The molecule has 1 unspecified atom stereocenters. The molecule has 0 amide bonds. The summed E-state index contributed by atoms with van der Waals surface area (Å²) in [7, 11) is 0. The van der Waals surface area contributed by atoms with E-state index in [4.69, 9.17) is 23.2 Å². The zero-order valence-corrected chi connectivity index (χ0v) is 12.4. The summed E-state index contributed by atoms with van der Waals surface area (Å²) in [6.45, 7) is 9.73. The summed E-state index contributed by atoms with van der Waals surface area (Å²) in [5.74, 6) is 0. The fourth-order valence-electron chi connectivity index (χ4n) is 1.85. The second kappa shape index (κ2) is 8.39. The van der Waals surface area contributed by atoms with Gasteiger partial charge in [-0.05, 0) is 24.1 Å². The molecule has 0 saturated carbocycles. The number of aliphatic hydroxyl groups is 1. The van der Waals surface area contributed by atoms with Crippen LogP contribution in [0.4, 0.5) is 0 Å². The zero-order valence-electron chi connectivity index (χ0n) is 10.9. The molecule has 0 bridgehead atoms. The highest BCUT2D eigenvalue weighted by molar-refractivity contribution is 6.35. The van der Waals surface area contributed by atoms with Crippen molar-refractivity contribution in [1.29, 1.82) is 0 Å². The van der Waals surface area contributed by atoms with Crippen molar-refractivity contribution in [2.75, 3.05) is 19.6 Å². The van der Waals surface area contributed by atoms with Gasteiger partial charge >= 0.3 is 0 Å². The molecule has 104 valence electrons. The van der Waals surface area contributed by atoms with Crippen LogP contribution in [0.15, 0.2) is 43.5 Å². The van der Waals surface area contributed by atoms with Gasteiger partial charge in [0.2, 0.25) is 0 Å². The van der Waals surface area contributed by atoms with Crippen molar-refractivity contribution in [3.63, 3.8) is 0 Å². The predicted octanol–water partition coefficient (Wildman–Crippen LogP) is 4.09. The van der Waals surface area contributed by atoms with Crippen molar-refractivity contribution in [2.45, 2.75) is 12.5 Å². The van der Waals surface area contributed by atoms with E-state index in [1.54, 1.807) is 18.2 Å². The lowest BCUT2D eigenvalue weighted by Crippen LogP contribution is -2.26. The van der Waals surface area contributed by atoms with Crippen LogP contribution in [-0.2, 0) is 0 Å². The first-order valence-corrected chi connectivity index (χ1v) is 6.91. The van der Waals surface area contributed by atoms with E-state index in [0.29, 0.717) is 22.0 Å². The average Bonchev–Trinajstić information content (AvgIpc) is 2.36. The maximum atomic E-state index is 10.2. The quantitative estimate of drug-likeness (QED) is 0.731. The predicted molar refractivity (Wildman–Crippen MR) is 82.9 cm³/mol. The van der Waals surface area contributed by atoms with E-state index in [2.05, 4.69) is 18.1 Å². The van der Waals surface area contributed by atoms with Gasteiger partial charge < -0.3 is 5.11 Å². The van der Waals surface area contributed by atoms with Crippen LogP contribution in [0, 0.1) is 0 Å². The van der Waals surface area contributed by atoms with Crippen molar-refractivity contribution < 1.29 is 5.11 Å². The minimum absolute atomic E-state index is 0.499. The van der Waals surface area contributed by atoms with Gasteiger partial charge in [0.25, 0.3) is 0 Å². The monoisotopic (exact) mass is 299 g/mol. The van der Waals surface area contributed by atoms with Gasteiger partial charge in [0.05, 0.1) is 6.10 Å². The van der Waals surface area contributed by atoms with Crippen LogP contribution in [0.2, 0.25) is 10.0 Å². The van der Waals surface area contributed by atoms with Crippen molar-refractivity contribution >= 4 is 23.2 Å². The Morgan fingerprint density at radius 2 is 1.84 bits per heavy atom. The maximum absolute atomic E-state index is 10.2. The number of benzene rings is 1. The van der Waals surface area contributed by atoms with Crippen molar-refractivity contribution in [3.8, 4) is 0 Å². The Kier molecular flexibility index (Phi) is 7.17. The number of nitrogens with zero attached hydrogens (tertiary/aromatic N) is 1. The molecule has 0 fully saturated rings. The number of halogens is 2. The summed E-state index contributed by atoms with van der Waals surface area (Å²) in [6.07, 6.45) is 3.68. The highest BCUT2D eigenvalue weighted by Gasteiger charge is 2.13. The molecule has 1 N–H and O–H groups in total. The molecule has 0 aliphatic carbocycles. The average molecular weight is 300 g/mol. The van der Waals surface area contributed by atoms with Gasteiger partial charge in [0, 0.05) is 29.7 Å². The molecule has 2 nitrogen and oxygen atoms in total. The first-order chi connectivity index (χ1) is 9.08. The Hall–Kier alpha value is -0.800. The molecule has 0 aliphatic heterocycles. The van der Waals surface area contributed by atoms with Crippen molar-refractivity contribution in [2.24, 2.45) is 0 Å². The van der Waals surface area contributed by atoms with Crippen molar-refractivity contribution in [1.82, 2.24) is 4.90 Å². The minimum atomic E-state index is -0.595. The molecule has 0 aliphatic rings. The lowest BCUT2D eigenvalue weighted by atomic mass is 10.1. The molecule has 1 atom stereocenters. The van der Waals surface area contributed by atoms with E-state index in [9.17, 15) is 5.11 Å². The summed E-state index contributed by atoms with van der Waals surface area (Å²) in [5, 5.41) is 11.2. The van der Waals surface area contributed by atoms with E-state index in [1.807, 2.05) is 12.2 Å². The van der Waals surface area contributed by atoms with Gasteiger partial charge in [-0.2, -0.15) is 0 Å². The molecular weight excluding hydrogens is 281 g/mol. The number of hydrogen-bond donors (Lipinski definition) is 1. The van der Waals surface area contributed by atoms with Crippen LogP contribution >= 0.6 is 23.2 Å². The molecule has 1 aromatic rings. The van der Waals surface area contributed by atoms with Crippen molar-refractivity contribution in [3.05, 3.63) is 59.1 Å². The van der Waals surface area contributed by atoms with Gasteiger partial charge in [0.15, 0.2) is 0 Å². The SMILES string of the molecule is C=CCN(CC=C)CCC(O)c1ccc(Cl)cc1Cl. The van der Waals surface area contributed by atoms with Crippen LogP contribution in [0.25, 0.3) is 0 Å². The Labute approximate surface area is 124 Å². The normalized spacial score (nSPS) is 12.4. The molecule has 0 radical (unpaired) electrons. The van der Waals surface area contributed by atoms with Crippen LogP contribution in [0.5, 0.6) is 0 Å². The zero-order chi connectivity index (χ0) is 14.3. The largest absolute Gasteiger partial charge is 0.388 e. The van der Waals surface area contributed by atoms with Gasteiger partial charge in [-0.25, -0.2) is 0 Å². The number of hydrogen-bond acceptors (Lipinski definition) is 2. The van der Waals surface area contributed by atoms with Crippen LogP contribution in [0.1, 0.15) is 18.1 Å². The molecule has 0 heterocycles. The van der Waals surface area contributed by atoms with E-state index in [1.165, 1.54) is 0 Å². The molecule has 4 heteroatoms. The molecule has 1 rings (SSSR count). The van der Waals surface area contributed by atoms with E-state index < -0.39 is 6.10 Å². The highest BCUT2D eigenvalue weighted by Crippen LogP contribution is 2.28.